The Labute approximate surface area is 211 Å². The Morgan fingerprint density at radius 1 is 1.11 bits per heavy atom. The van der Waals surface area contributed by atoms with Gasteiger partial charge in [0, 0.05) is 34.2 Å². The number of rotatable bonds is 6. The lowest BCUT2D eigenvalue weighted by molar-refractivity contribution is -0.124. The number of benzene rings is 2. The van der Waals surface area contributed by atoms with Crippen molar-refractivity contribution in [2.45, 2.75) is 51.5 Å². The molecule has 4 rings (SSSR count). The number of aromatic nitrogens is 1. The van der Waals surface area contributed by atoms with Crippen LogP contribution in [0.5, 0.6) is 0 Å². The van der Waals surface area contributed by atoms with E-state index in [0.717, 1.165) is 22.6 Å². The van der Waals surface area contributed by atoms with Crippen LogP contribution in [0.1, 0.15) is 40.9 Å². The van der Waals surface area contributed by atoms with Crippen LogP contribution < -0.4 is 5.43 Å². The number of carbonyl (C=O) groups excluding carboxylic acids is 1. The average molecular weight is 513 g/mol. The average Bonchev–Trinajstić information content (AvgIpc) is 3.42. The van der Waals surface area contributed by atoms with E-state index in [9.17, 15) is 13.2 Å². The van der Waals surface area contributed by atoms with Crippen LogP contribution in [0.15, 0.2) is 58.5 Å². The Hall–Kier alpha value is -2.94. The zero-order valence-corrected chi connectivity index (χ0v) is 21.8. The molecule has 1 aliphatic heterocycles. The number of hydrogen-bond donors (Lipinski definition) is 1. The van der Waals surface area contributed by atoms with E-state index in [1.807, 2.05) is 26.0 Å². The number of hydrazone groups is 1. The third-order valence-electron chi connectivity index (χ3n) is 6.59. The summed E-state index contributed by atoms with van der Waals surface area (Å²) in [5, 5.41) is 4.61. The van der Waals surface area contributed by atoms with E-state index in [4.69, 9.17) is 11.6 Å². The summed E-state index contributed by atoms with van der Waals surface area (Å²) in [6.07, 6.45) is 2.65. The van der Waals surface area contributed by atoms with Gasteiger partial charge in [-0.25, -0.2) is 13.8 Å². The summed E-state index contributed by atoms with van der Waals surface area (Å²) in [6.45, 7) is 8.51. The molecule has 184 valence electrons. The van der Waals surface area contributed by atoms with Gasteiger partial charge in [0.2, 0.25) is 10.0 Å². The van der Waals surface area contributed by atoms with Gasteiger partial charge in [-0.1, -0.05) is 23.7 Å². The summed E-state index contributed by atoms with van der Waals surface area (Å²) in [6, 6.07) is 13.4. The molecule has 0 aliphatic carbocycles. The quantitative estimate of drug-likeness (QED) is 0.385. The molecule has 0 saturated carbocycles. The molecule has 7 nitrogen and oxygen atoms in total. The number of nitrogens with one attached hydrogen (secondary N) is 1. The molecule has 1 amide bonds. The molecule has 1 N–H and O–H groups in total. The lowest BCUT2D eigenvalue weighted by Crippen LogP contribution is -2.44. The lowest BCUT2D eigenvalue weighted by atomic mass is 10.1. The molecular formula is C26H29ClN4O3S. The molecule has 0 unspecified atom stereocenters. The van der Waals surface area contributed by atoms with Crippen molar-refractivity contribution < 1.29 is 13.2 Å². The zero-order valence-electron chi connectivity index (χ0n) is 20.2. The van der Waals surface area contributed by atoms with Crippen molar-refractivity contribution in [2.75, 3.05) is 6.54 Å². The van der Waals surface area contributed by atoms with E-state index >= 15 is 0 Å². The van der Waals surface area contributed by atoms with Gasteiger partial charge in [-0.2, -0.15) is 9.41 Å². The van der Waals surface area contributed by atoms with E-state index in [1.165, 1.54) is 39.7 Å². The van der Waals surface area contributed by atoms with Crippen molar-refractivity contribution in [2.24, 2.45) is 5.10 Å². The summed E-state index contributed by atoms with van der Waals surface area (Å²) in [4.78, 5) is 13.0. The Morgan fingerprint density at radius 3 is 2.54 bits per heavy atom. The number of sulfonamides is 1. The number of hydrogen-bond acceptors (Lipinski definition) is 4. The fraction of sp³-hybridized carbons (Fsp3) is 0.308. The van der Waals surface area contributed by atoms with Crippen molar-refractivity contribution in [3.8, 4) is 5.69 Å². The first-order valence-electron chi connectivity index (χ1n) is 11.5. The van der Waals surface area contributed by atoms with Gasteiger partial charge in [0.05, 0.1) is 11.1 Å². The van der Waals surface area contributed by atoms with Crippen LogP contribution in [-0.2, 0) is 14.8 Å². The van der Waals surface area contributed by atoms with Crippen LogP contribution in [-0.4, -0.2) is 42.0 Å². The van der Waals surface area contributed by atoms with Crippen molar-refractivity contribution in [1.29, 1.82) is 0 Å². The first kappa shape index (κ1) is 25.2. The third kappa shape index (κ3) is 4.91. The van der Waals surface area contributed by atoms with Gasteiger partial charge in [0.25, 0.3) is 5.91 Å². The molecule has 35 heavy (non-hydrogen) atoms. The molecule has 0 spiro atoms. The highest BCUT2D eigenvalue weighted by Crippen LogP contribution is 2.27. The molecular weight excluding hydrogens is 484 g/mol. The normalized spacial score (nSPS) is 16.8. The molecule has 1 saturated heterocycles. The van der Waals surface area contributed by atoms with Crippen LogP contribution in [0.4, 0.5) is 0 Å². The first-order valence-corrected chi connectivity index (χ1v) is 13.3. The van der Waals surface area contributed by atoms with Gasteiger partial charge in [-0.15, -0.1) is 0 Å². The Morgan fingerprint density at radius 2 is 1.83 bits per heavy atom. The van der Waals surface area contributed by atoms with Crippen LogP contribution in [0.25, 0.3) is 5.69 Å². The standard InChI is InChI=1S/C26H29ClN4O3S/c1-17-7-5-8-24(19(17)3)31-18(2)15-21(20(31)4)16-28-29-26(32)25-9-6-14-30(25)35(33,34)23-12-10-22(27)11-13-23/h5,7-8,10-13,15-16,25H,6,9,14H2,1-4H3,(H,29,32)/b28-16-/t25-/m1/s1. The first-order chi connectivity index (χ1) is 16.6. The Balaban J connectivity index is 1.51. The predicted octanol–water partition coefficient (Wildman–Crippen LogP) is 4.67. The van der Waals surface area contributed by atoms with E-state index < -0.39 is 22.0 Å². The summed E-state index contributed by atoms with van der Waals surface area (Å²) in [7, 11) is -3.82. The second kappa shape index (κ2) is 9.97. The molecule has 0 radical (unpaired) electrons. The van der Waals surface area contributed by atoms with Crippen LogP contribution in [0.2, 0.25) is 5.02 Å². The minimum Gasteiger partial charge on any atom is -0.318 e. The van der Waals surface area contributed by atoms with E-state index in [-0.39, 0.29) is 11.4 Å². The molecule has 1 aromatic heterocycles. The highest BCUT2D eigenvalue weighted by Gasteiger charge is 2.39. The number of aryl methyl sites for hydroxylation is 2. The minimum absolute atomic E-state index is 0.115. The molecule has 2 heterocycles. The molecule has 3 aromatic rings. The summed E-state index contributed by atoms with van der Waals surface area (Å²) in [5.74, 6) is -0.445. The third-order valence-corrected chi connectivity index (χ3v) is 8.77. The van der Waals surface area contributed by atoms with Crippen molar-refractivity contribution >= 4 is 33.7 Å². The van der Waals surface area contributed by atoms with Gasteiger partial charge < -0.3 is 4.57 Å². The fourth-order valence-corrected chi connectivity index (χ4v) is 6.32. The number of carbonyl (C=O) groups is 1. The maximum absolute atomic E-state index is 13.1. The number of amides is 1. The monoisotopic (exact) mass is 512 g/mol. The largest absolute Gasteiger partial charge is 0.318 e. The fourth-order valence-electron chi connectivity index (χ4n) is 4.54. The van der Waals surface area contributed by atoms with Crippen LogP contribution >= 0.6 is 11.6 Å². The van der Waals surface area contributed by atoms with Gasteiger partial charge in [-0.3, -0.25) is 4.79 Å². The van der Waals surface area contributed by atoms with E-state index in [0.29, 0.717) is 17.9 Å². The van der Waals surface area contributed by atoms with Gasteiger partial charge in [0.1, 0.15) is 6.04 Å². The second-order valence-corrected chi connectivity index (χ2v) is 11.2. The highest BCUT2D eigenvalue weighted by molar-refractivity contribution is 7.89. The molecule has 2 aromatic carbocycles. The molecule has 1 fully saturated rings. The predicted molar refractivity (Wildman–Crippen MR) is 139 cm³/mol. The molecule has 1 atom stereocenters. The van der Waals surface area contributed by atoms with Crippen LogP contribution in [0, 0.1) is 27.7 Å². The van der Waals surface area contributed by atoms with Gasteiger partial charge >= 0.3 is 0 Å². The minimum atomic E-state index is -3.82. The van der Waals surface area contributed by atoms with Gasteiger partial charge in [0.15, 0.2) is 0 Å². The van der Waals surface area contributed by atoms with Crippen molar-refractivity contribution in [3.05, 3.63) is 81.6 Å². The van der Waals surface area contributed by atoms with Crippen molar-refractivity contribution in [1.82, 2.24) is 14.3 Å². The Kier molecular flexibility index (Phi) is 7.17. The summed E-state index contributed by atoms with van der Waals surface area (Å²) >= 11 is 5.89. The van der Waals surface area contributed by atoms with E-state index in [2.05, 4.69) is 41.1 Å². The highest BCUT2D eigenvalue weighted by atomic mass is 35.5. The van der Waals surface area contributed by atoms with Crippen molar-refractivity contribution in [3.63, 3.8) is 0 Å². The lowest BCUT2D eigenvalue weighted by Gasteiger charge is -2.22. The number of halogens is 1. The smallest absolute Gasteiger partial charge is 0.258 e. The van der Waals surface area contributed by atoms with Crippen LogP contribution in [0.3, 0.4) is 0 Å². The van der Waals surface area contributed by atoms with E-state index in [1.54, 1.807) is 6.21 Å². The Bertz CT molecular complexity index is 1390. The molecule has 1 aliphatic rings. The zero-order chi connectivity index (χ0) is 25.3. The SMILES string of the molecule is Cc1cccc(-n2c(C)cc(/C=N\NC(=O)[C@H]3CCCN3S(=O)(=O)c3ccc(Cl)cc3)c2C)c1C. The summed E-state index contributed by atoms with van der Waals surface area (Å²) < 4.78 is 29.6. The maximum atomic E-state index is 13.1. The maximum Gasteiger partial charge on any atom is 0.258 e. The molecule has 9 heteroatoms. The summed E-state index contributed by atoms with van der Waals surface area (Å²) in [5.41, 5.74) is 9.01. The van der Waals surface area contributed by atoms with Gasteiger partial charge in [-0.05, 0) is 88.1 Å². The second-order valence-electron chi connectivity index (χ2n) is 8.84. The topological polar surface area (TPSA) is 83.8 Å². The molecule has 0 bridgehead atoms. The number of nitrogens with zero attached hydrogens (tertiary/aromatic N) is 3.